The summed E-state index contributed by atoms with van der Waals surface area (Å²) in [4.78, 5) is 36.0. The van der Waals surface area contributed by atoms with Crippen LogP contribution in [0.25, 0.3) is 0 Å². The standard InChI is InChI=1S/C23H29N3O5/c1-4-17-6-10-20(11-7-17)31-16(3)23(29)26-25-22(28)15-14-21(27)24-18-8-12-19(13-9-18)30-5-2/h6-13,16H,4-5,14-15H2,1-3H3,(H,24,27)(H,25,28)(H,26,29)/t16-/m1/s1. The third-order valence-corrected chi connectivity index (χ3v) is 4.37. The van der Waals surface area contributed by atoms with Crippen LogP contribution in [-0.4, -0.2) is 30.4 Å². The molecule has 31 heavy (non-hydrogen) atoms. The fraction of sp³-hybridized carbons (Fsp3) is 0.348. The summed E-state index contributed by atoms with van der Waals surface area (Å²) < 4.78 is 10.9. The zero-order chi connectivity index (χ0) is 22.6. The molecule has 0 radical (unpaired) electrons. The number of carbonyl (C=O) groups excluding carboxylic acids is 3. The Kier molecular flexibility index (Phi) is 9.35. The van der Waals surface area contributed by atoms with E-state index in [1.165, 1.54) is 5.56 Å². The summed E-state index contributed by atoms with van der Waals surface area (Å²) in [7, 11) is 0. The lowest BCUT2D eigenvalue weighted by Gasteiger charge is -2.15. The number of hydrogen-bond donors (Lipinski definition) is 3. The Morgan fingerprint density at radius 1 is 0.839 bits per heavy atom. The Morgan fingerprint density at radius 3 is 2.06 bits per heavy atom. The van der Waals surface area contributed by atoms with Crippen molar-refractivity contribution in [1.29, 1.82) is 0 Å². The maximum atomic E-state index is 12.1. The summed E-state index contributed by atoms with van der Waals surface area (Å²) in [6, 6.07) is 14.4. The predicted octanol–water partition coefficient (Wildman–Crippen LogP) is 2.98. The topological polar surface area (TPSA) is 106 Å². The highest BCUT2D eigenvalue weighted by atomic mass is 16.5. The molecule has 0 bridgehead atoms. The molecule has 0 saturated heterocycles. The van der Waals surface area contributed by atoms with Gasteiger partial charge in [-0.25, -0.2) is 0 Å². The molecule has 2 aromatic carbocycles. The van der Waals surface area contributed by atoms with Gasteiger partial charge in [0.05, 0.1) is 6.61 Å². The van der Waals surface area contributed by atoms with E-state index in [-0.39, 0.29) is 18.7 Å². The van der Waals surface area contributed by atoms with E-state index < -0.39 is 17.9 Å². The lowest BCUT2D eigenvalue weighted by atomic mass is 10.2. The minimum atomic E-state index is -0.796. The second kappa shape index (κ2) is 12.2. The normalized spacial score (nSPS) is 11.2. The van der Waals surface area contributed by atoms with E-state index in [4.69, 9.17) is 9.47 Å². The number of anilines is 1. The van der Waals surface area contributed by atoms with Crippen LogP contribution in [0, 0.1) is 0 Å². The van der Waals surface area contributed by atoms with Gasteiger partial charge in [-0.2, -0.15) is 0 Å². The molecule has 1 atom stereocenters. The van der Waals surface area contributed by atoms with Crippen molar-refractivity contribution in [2.75, 3.05) is 11.9 Å². The molecule has 2 aromatic rings. The van der Waals surface area contributed by atoms with Crippen LogP contribution in [0.2, 0.25) is 0 Å². The Bertz CT molecular complexity index is 866. The highest BCUT2D eigenvalue weighted by Crippen LogP contribution is 2.16. The summed E-state index contributed by atoms with van der Waals surface area (Å²) in [5.74, 6) is 0.00301. The van der Waals surface area contributed by atoms with E-state index in [1.54, 1.807) is 43.3 Å². The largest absolute Gasteiger partial charge is 0.494 e. The lowest BCUT2D eigenvalue weighted by Crippen LogP contribution is -2.47. The summed E-state index contributed by atoms with van der Waals surface area (Å²) in [5.41, 5.74) is 6.38. The first kappa shape index (κ1) is 23.7. The second-order valence-corrected chi connectivity index (χ2v) is 6.80. The molecule has 3 amide bonds. The van der Waals surface area contributed by atoms with Crippen LogP contribution < -0.4 is 25.6 Å². The number of rotatable bonds is 10. The fourth-order valence-electron chi connectivity index (χ4n) is 2.61. The third-order valence-electron chi connectivity index (χ3n) is 4.37. The highest BCUT2D eigenvalue weighted by Gasteiger charge is 2.16. The molecule has 0 spiro atoms. The van der Waals surface area contributed by atoms with Gasteiger partial charge in [0, 0.05) is 18.5 Å². The number of ether oxygens (including phenoxy) is 2. The molecule has 0 saturated carbocycles. The van der Waals surface area contributed by atoms with Gasteiger partial charge in [0.25, 0.3) is 5.91 Å². The van der Waals surface area contributed by atoms with Crippen molar-refractivity contribution < 1.29 is 23.9 Å². The number of nitrogens with one attached hydrogen (secondary N) is 3. The van der Waals surface area contributed by atoms with Crippen LogP contribution in [0.5, 0.6) is 11.5 Å². The molecule has 0 aliphatic carbocycles. The molecule has 3 N–H and O–H groups in total. The number of hydrazine groups is 1. The van der Waals surface area contributed by atoms with Crippen LogP contribution in [0.3, 0.4) is 0 Å². The van der Waals surface area contributed by atoms with Gasteiger partial charge in [-0.15, -0.1) is 0 Å². The van der Waals surface area contributed by atoms with Gasteiger partial charge < -0.3 is 14.8 Å². The number of amides is 3. The Labute approximate surface area is 182 Å². The first-order chi connectivity index (χ1) is 14.9. The van der Waals surface area contributed by atoms with E-state index in [0.717, 1.165) is 6.42 Å². The van der Waals surface area contributed by atoms with E-state index >= 15 is 0 Å². The quantitative estimate of drug-likeness (QED) is 0.506. The number of aryl methyl sites for hydroxylation is 1. The molecule has 0 unspecified atom stereocenters. The third kappa shape index (κ3) is 8.38. The molecule has 8 nitrogen and oxygen atoms in total. The van der Waals surface area contributed by atoms with Gasteiger partial charge in [0.15, 0.2) is 6.10 Å². The summed E-state index contributed by atoms with van der Waals surface area (Å²) >= 11 is 0. The van der Waals surface area contributed by atoms with E-state index in [0.29, 0.717) is 23.8 Å². The minimum Gasteiger partial charge on any atom is -0.494 e. The zero-order valence-electron chi connectivity index (χ0n) is 18.1. The molecular formula is C23H29N3O5. The molecule has 2 rings (SSSR count). The van der Waals surface area contributed by atoms with Crippen molar-refractivity contribution in [2.24, 2.45) is 0 Å². The molecule has 8 heteroatoms. The Hall–Kier alpha value is -3.55. The van der Waals surface area contributed by atoms with Crippen molar-refractivity contribution in [3.63, 3.8) is 0 Å². The summed E-state index contributed by atoms with van der Waals surface area (Å²) in [6.07, 6.45) is 0.0260. The first-order valence-corrected chi connectivity index (χ1v) is 10.3. The number of hydrogen-bond acceptors (Lipinski definition) is 5. The van der Waals surface area contributed by atoms with Gasteiger partial charge in [0.1, 0.15) is 11.5 Å². The number of benzene rings is 2. The predicted molar refractivity (Wildman–Crippen MR) is 118 cm³/mol. The van der Waals surface area contributed by atoms with Gasteiger partial charge >= 0.3 is 0 Å². The van der Waals surface area contributed by atoms with Gasteiger partial charge in [0.2, 0.25) is 11.8 Å². The molecule has 0 aromatic heterocycles. The summed E-state index contributed by atoms with van der Waals surface area (Å²) in [6.45, 7) is 6.09. The molecule has 166 valence electrons. The Balaban J connectivity index is 1.67. The number of carbonyl (C=O) groups is 3. The smallest absolute Gasteiger partial charge is 0.279 e. The second-order valence-electron chi connectivity index (χ2n) is 6.80. The molecule has 0 heterocycles. The van der Waals surface area contributed by atoms with Crippen LogP contribution in [0.15, 0.2) is 48.5 Å². The van der Waals surface area contributed by atoms with Crippen molar-refractivity contribution in [1.82, 2.24) is 10.9 Å². The van der Waals surface area contributed by atoms with E-state index in [1.807, 2.05) is 19.1 Å². The average molecular weight is 428 g/mol. The van der Waals surface area contributed by atoms with E-state index in [2.05, 4.69) is 23.1 Å². The Morgan fingerprint density at radius 2 is 1.45 bits per heavy atom. The summed E-state index contributed by atoms with van der Waals surface area (Å²) in [5, 5.41) is 2.70. The first-order valence-electron chi connectivity index (χ1n) is 10.3. The van der Waals surface area contributed by atoms with Crippen molar-refractivity contribution in [3.05, 3.63) is 54.1 Å². The maximum absolute atomic E-state index is 12.1. The molecular weight excluding hydrogens is 398 g/mol. The van der Waals surface area contributed by atoms with Crippen molar-refractivity contribution in [3.8, 4) is 11.5 Å². The lowest BCUT2D eigenvalue weighted by molar-refractivity contribution is -0.133. The van der Waals surface area contributed by atoms with Gasteiger partial charge in [-0.3, -0.25) is 25.2 Å². The average Bonchev–Trinajstić information content (AvgIpc) is 2.78. The monoisotopic (exact) mass is 427 g/mol. The van der Waals surface area contributed by atoms with Gasteiger partial charge in [-0.05, 0) is 62.2 Å². The molecule has 0 aliphatic heterocycles. The van der Waals surface area contributed by atoms with Crippen LogP contribution >= 0.6 is 0 Å². The molecule has 0 aliphatic rings. The van der Waals surface area contributed by atoms with Crippen LogP contribution in [-0.2, 0) is 20.8 Å². The van der Waals surface area contributed by atoms with Crippen LogP contribution in [0.4, 0.5) is 5.69 Å². The van der Waals surface area contributed by atoms with Crippen molar-refractivity contribution in [2.45, 2.75) is 46.1 Å². The van der Waals surface area contributed by atoms with Gasteiger partial charge in [-0.1, -0.05) is 19.1 Å². The van der Waals surface area contributed by atoms with Crippen LogP contribution in [0.1, 0.15) is 39.2 Å². The highest BCUT2D eigenvalue weighted by molar-refractivity contribution is 5.93. The SMILES string of the molecule is CCOc1ccc(NC(=O)CCC(=O)NNC(=O)[C@@H](C)Oc2ccc(CC)cc2)cc1. The van der Waals surface area contributed by atoms with Crippen molar-refractivity contribution >= 4 is 23.4 Å². The van der Waals surface area contributed by atoms with E-state index in [9.17, 15) is 14.4 Å². The zero-order valence-corrected chi connectivity index (χ0v) is 18.1. The fourth-order valence-corrected chi connectivity index (χ4v) is 2.61. The maximum Gasteiger partial charge on any atom is 0.279 e. The minimum absolute atomic E-state index is 0.0231. The molecule has 0 fully saturated rings.